The first-order chi connectivity index (χ1) is 3.89. The van der Waals surface area contributed by atoms with Crippen LogP contribution in [0, 0.1) is 0 Å². The molecule has 0 aliphatic carbocycles. The van der Waals surface area contributed by atoms with E-state index in [1.807, 2.05) is 0 Å². The van der Waals surface area contributed by atoms with Crippen molar-refractivity contribution in [3.05, 3.63) is 36.4 Å². The van der Waals surface area contributed by atoms with Crippen LogP contribution < -0.4 is 5.73 Å². The number of hydrogen-bond donors (Lipinski definition) is 1. The third-order valence-corrected chi connectivity index (χ3v) is 0.785. The minimum Gasteiger partial charge on any atom is -0.473 e. The second kappa shape index (κ2) is 2.21. The maximum atomic E-state index is 5.38. The molecule has 0 spiro atoms. The normalized spacial score (nSPS) is 16.8. The first kappa shape index (κ1) is 4.97. The minimum atomic E-state index is 0.707. The molecule has 1 heterocycles. The number of hydrogen-bond acceptors (Lipinski definition) is 2. The molecule has 1 rings (SSSR count). The Morgan fingerprint density at radius 3 is 3.12 bits per heavy atom. The molecule has 0 bridgehead atoms. The zero-order valence-corrected chi connectivity index (χ0v) is 4.37. The fourth-order valence-corrected chi connectivity index (χ4v) is 0.415. The van der Waals surface area contributed by atoms with E-state index in [1.54, 1.807) is 24.5 Å². The van der Waals surface area contributed by atoms with Gasteiger partial charge >= 0.3 is 0 Å². The molecule has 8 heavy (non-hydrogen) atoms. The van der Waals surface area contributed by atoms with Crippen LogP contribution in [-0.2, 0) is 4.74 Å². The molecule has 2 N–H and O–H groups in total. The highest BCUT2D eigenvalue weighted by molar-refractivity contribution is 5.20. The van der Waals surface area contributed by atoms with Crippen molar-refractivity contribution in [1.82, 2.24) is 0 Å². The van der Waals surface area contributed by atoms with Gasteiger partial charge in [-0.3, -0.25) is 0 Å². The van der Waals surface area contributed by atoms with Crippen molar-refractivity contribution in [1.29, 1.82) is 0 Å². The Labute approximate surface area is 47.9 Å². The molecule has 0 fully saturated rings. The second-order valence-corrected chi connectivity index (χ2v) is 1.43. The van der Waals surface area contributed by atoms with Gasteiger partial charge in [0.05, 0.1) is 12.5 Å². The van der Waals surface area contributed by atoms with Crippen molar-refractivity contribution < 1.29 is 4.74 Å². The van der Waals surface area contributed by atoms with Crippen LogP contribution in [0.5, 0.6) is 0 Å². The second-order valence-electron chi connectivity index (χ2n) is 1.43. The lowest BCUT2D eigenvalue weighted by atomic mass is 10.4. The van der Waals surface area contributed by atoms with Crippen LogP contribution >= 0.6 is 0 Å². The summed E-state index contributed by atoms with van der Waals surface area (Å²) >= 11 is 0. The molecule has 0 aromatic heterocycles. The predicted molar refractivity (Wildman–Crippen MR) is 31.6 cm³/mol. The van der Waals surface area contributed by atoms with E-state index in [2.05, 4.69) is 0 Å². The number of nitrogens with two attached hydrogens (primary N) is 1. The largest absolute Gasteiger partial charge is 0.473 e. The van der Waals surface area contributed by atoms with E-state index in [1.165, 1.54) is 6.26 Å². The van der Waals surface area contributed by atoms with E-state index in [9.17, 15) is 0 Å². The van der Waals surface area contributed by atoms with Gasteiger partial charge in [-0.1, -0.05) is 0 Å². The summed E-state index contributed by atoms with van der Waals surface area (Å²) in [5.41, 5.74) is 6.08. The quantitative estimate of drug-likeness (QED) is 0.501. The Balaban J connectivity index is 2.73. The smallest absolute Gasteiger partial charge is 0.0921 e. The molecule has 0 aromatic rings. The number of ether oxygens (including phenoxy) is 1. The van der Waals surface area contributed by atoms with E-state index in [4.69, 9.17) is 10.5 Å². The molecular formula is C6H7NO. The molecule has 0 amide bonds. The average Bonchev–Trinajstić information content (AvgIpc) is 1.94. The molecule has 2 heteroatoms. The minimum absolute atomic E-state index is 0.707. The Bertz CT molecular complexity index is 156. The fourth-order valence-electron chi connectivity index (χ4n) is 0.415. The van der Waals surface area contributed by atoms with Crippen molar-refractivity contribution in [2.75, 3.05) is 0 Å². The van der Waals surface area contributed by atoms with Gasteiger partial charge in [0.2, 0.25) is 0 Å². The Kier molecular flexibility index (Phi) is 1.37. The molecule has 0 atom stereocenters. The molecule has 0 saturated carbocycles. The highest BCUT2D eigenvalue weighted by atomic mass is 16.5. The van der Waals surface area contributed by atoms with Gasteiger partial charge in [-0.15, -0.1) is 0 Å². The van der Waals surface area contributed by atoms with E-state index < -0.39 is 0 Å². The lowest BCUT2D eigenvalue weighted by molar-refractivity contribution is 0.403. The molecule has 42 valence electrons. The van der Waals surface area contributed by atoms with Gasteiger partial charge in [0, 0.05) is 5.70 Å². The van der Waals surface area contributed by atoms with Gasteiger partial charge in [0.15, 0.2) is 0 Å². The van der Waals surface area contributed by atoms with Gasteiger partial charge in [0.25, 0.3) is 0 Å². The third-order valence-electron chi connectivity index (χ3n) is 0.785. The summed E-state index contributed by atoms with van der Waals surface area (Å²) in [6.07, 6.45) is 8.31. The van der Waals surface area contributed by atoms with Crippen molar-refractivity contribution >= 4 is 0 Å². The topological polar surface area (TPSA) is 35.2 Å². The zero-order valence-electron chi connectivity index (χ0n) is 4.37. The van der Waals surface area contributed by atoms with Crippen LogP contribution in [0.15, 0.2) is 36.4 Å². The predicted octanol–water partition coefficient (Wildman–Crippen LogP) is 0.887. The van der Waals surface area contributed by atoms with Gasteiger partial charge < -0.3 is 10.5 Å². The van der Waals surface area contributed by atoms with Gasteiger partial charge in [-0.05, 0) is 18.2 Å². The van der Waals surface area contributed by atoms with Gasteiger partial charge in [0.1, 0.15) is 0 Å². The molecular weight excluding hydrogens is 102 g/mol. The highest BCUT2D eigenvalue weighted by Gasteiger charge is 1.81. The summed E-state index contributed by atoms with van der Waals surface area (Å²) in [4.78, 5) is 0. The molecule has 0 saturated heterocycles. The van der Waals surface area contributed by atoms with E-state index >= 15 is 0 Å². The highest BCUT2D eigenvalue weighted by Crippen LogP contribution is 1.94. The molecule has 0 unspecified atom stereocenters. The standard InChI is InChI=1S/C6H7NO/c7-6-2-1-4-8-5-3-6/h1-5H,7H2. The van der Waals surface area contributed by atoms with Crippen molar-refractivity contribution in [2.45, 2.75) is 0 Å². The summed E-state index contributed by atoms with van der Waals surface area (Å²) in [5.74, 6) is 0. The van der Waals surface area contributed by atoms with Crippen LogP contribution in [0.4, 0.5) is 0 Å². The average molecular weight is 109 g/mol. The summed E-state index contributed by atoms with van der Waals surface area (Å²) in [5, 5.41) is 0. The lowest BCUT2D eigenvalue weighted by Gasteiger charge is -1.83. The summed E-state index contributed by atoms with van der Waals surface area (Å²) in [7, 11) is 0. The Morgan fingerprint density at radius 2 is 2.25 bits per heavy atom. The SMILES string of the molecule is NC1=CC=COC=C1. The Hall–Kier alpha value is -1.18. The molecule has 0 aromatic carbocycles. The van der Waals surface area contributed by atoms with E-state index in [-0.39, 0.29) is 0 Å². The third kappa shape index (κ3) is 1.15. The Morgan fingerprint density at radius 1 is 1.38 bits per heavy atom. The monoisotopic (exact) mass is 109 g/mol. The van der Waals surface area contributed by atoms with Crippen LogP contribution in [0.1, 0.15) is 0 Å². The summed E-state index contributed by atoms with van der Waals surface area (Å²) < 4.78 is 4.77. The molecule has 0 radical (unpaired) electrons. The van der Waals surface area contributed by atoms with Crippen molar-refractivity contribution in [3.8, 4) is 0 Å². The maximum absolute atomic E-state index is 5.38. The van der Waals surface area contributed by atoms with E-state index in [0.717, 1.165) is 0 Å². The number of allylic oxidation sites excluding steroid dienone is 3. The van der Waals surface area contributed by atoms with Crippen molar-refractivity contribution in [2.24, 2.45) is 5.73 Å². The zero-order chi connectivity index (χ0) is 5.82. The van der Waals surface area contributed by atoms with Crippen molar-refractivity contribution in [3.63, 3.8) is 0 Å². The first-order valence-corrected chi connectivity index (χ1v) is 2.34. The van der Waals surface area contributed by atoms with Crippen LogP contribution in [-0.4, -0.2) is 0 Å². The van der Waals surface area contributed by atoms with Gasteiger partial charge in [-0.25, -0.2) is 0 Å². The summed E-state index contributed by atoms with van der Waals surface area (Å²) in [6, 6.07) is 0. The summed E-state index contributed by atoms with van der Waals surface area (Å²) in [6.45, 7) is 0. The number of rotatable bonds is 0. The van der Waals surface area contributed by atoms with Crippen LogP contribution in [0.25, 0.3) is 0 Å². The van der Waals surface area contributed by atoms with Crippen LogP contribution in [0.3, 0.4) is 0 Å². The molecule has 1 aliphatic heterocycles. The molecule has 1 aliphatic rings. The first-order valence-electron chi connectivity index (χ1n) is 2.34. The van der Waals surface area contributed by atoms with E-state index in [0.29, 0.717) is 5.70 Å². The fraction of sp³-hybridized carbons (Fsp3) is 0. The van der Waals surface area contributed by atoms with Crippen LogP contribution in [0.2, 0.25) is 0 Å². The maximum Gasteiger partial charge on any atom is 0.0921 e. The lowest BCUT2D eigenvalue weighted by Crippen LogP contribution is -1.89. The van der Waals surface area contributed by atoms with Gasteiger partial charge in [-0.2, -0.15) is 0 Å². The molecule has 2 nitrogen and oxygen atoms in total.